The van der Waals surface area contributed by atoms with Crippen molar-refractivity contribution in [1.82, 2.24) is 5.32 Å². The van der Waals surface area contributed by atoms with Crippen LogP contribution in [0.3, 0.4) is 0 Å². The van der Waals surface area contributed by atoms with Crippen molar-refractivity contribution in [3.63, 3.8) is 0 Å². The second-order valence-corrected chi connectivity index (χ2v) is 7.78. The maximum Gasteiger partial charge on any atom is 0.317 e. The highest BCUT2D eigenvalue weighted by Gasteiger charge is 2.28. The van der Waals surface area contributed by atoms with Gasteiger partial charge in [-0.05, 0) is 44.5 Å². The van der Waals surface area contributed by atoms with Crippen LogP contribution in [0.15, 0.2) is 47.5 Å². The lowest BCUT2D eigenvalue weighted by atomic mass is 10.0. The first-order valence-corrected chi connectivity index (χ1v) is 10.0. The number of hydrogen-bond donors (Lipinski definition) is 3. The molecule has 1 aliphatic heterocycles. The topological polar surface area (TPSA) is 117 Å². The number of nitrogens with two attached hydrogens (primary N) is 2. The fourth-order valence-electron chi connectivity index (χ4n) is 3.52. The number of aryl methyl sites for hydroxylation is 1. The zero-order chi connectivity index (χ0) is 22.7. The van der Waals surface area contributed by atoms with E-state index in [0.717, 1.165) is 22.5 Å². The number of urea groups is 1. The van der Waals surface area contributed by atoms with Crippen molar-refractivity contribution in [3.8, 4) is 0 Å². The van der Waals surface area contributed by atoms with E-state index in [-0.39, 0.29) is 11.9 Å². The maximum absolute atomic E-state index is 12.5. The smallest absolute Gasteiger partial charge is 0.317 e. The van der Waals surface area contributed by atoms with Gasteiger partial charge in [-0.25, -0.2) is 9.79 Å². The van der Waals surface area contributed by atoms with Crippen molar-refractivity contribution in [2.75, 3.05) is 23.4 Å². The van der Waals surface area contributed by atoms with Gasteiger partial charge >= 0.3 is 6.03 Å². The molecule has 0 fully saturated rings. The Hall–Kier alpha value is -3.81. The summed E-state index contributed by atoms with van der Waals surface area (Å²) in [5.74, 6) is 0.00873. The lowest BCUT2D eigenvalue weighted by Gasteiger charge is -2.38. The van der Waals surface area contributed by atoms with Crippen LogP contribution >= 0.6 is 0 Å². The van der Waals surface area contributed by atoms with Gasteiger partial charge in [0.2, 0.25) is 5.91 Å². The minimum atomic E-state index is -0.722. The molecule has 0 unspecified atom stereocenters. The van der Waals surface area contributed by atoms with E-state index in [2.05, 4.69) is 29.1 Å². The molecule has 2 aromatic carbocycles. The fraction of sp³-hybridized carbons (Fsp3) is 0.261. The molecule has 2 aromatic rings. The van der Waals surface area contributed by atoms with Crippen LogP contribution in [0.25, 0.3) is 11.4 Å². The summed E-state index contributed by atoms with van der Waals surface area (Å²) >= 11 is 0. The zero-order valence-corrected chi connectivity index (χ0v) is 18.2. The molecule has 0 bridgehead atoms. The number of rotatable bonds is 5. The molecule has 0 radical (unpaired) electrons. The molecule has 0 spiro atoms. The first-order valence-electron chi connectivity index (χ1n) is 10.0. The van der Waals surface area contributed by atoms with Crippen molar-refractivity contribution in [2.45, 2.75) is 26.8 Å². The predicted molar refractivity (Wildman–Crippen MR) is 126 cm³/mol. The van der Waals surface area contributed by atoms with E-state index >= 15 is 0 Å². The summed E-state index contributed by atoms with van der Waals surface area (Å²) in [7, 11) is 1.76. The van der Waals surface area contributed by atoms with E-state index in [0.29, 0.717) is 23.5 Å². The summed E-state index contributed by atoms with van der Waals surface area (Å²) in [6, 6.07) is 13.0. The molecule has 5 N–H and O–H groups in total. The predicted octanol–water partition coefficient (Wildman–Crippen LogP) is 2.67. The first kappa shape index (κ1) is 21.9. The Kier molecular flexibility index (Phi) is 6.29. The molecule has 1 heterocycles. The molecule has 0 atom stereocenters. The number of benzene rings is 2. The largest absolute Gasteiger partial charge is 0.396 e. The van der Waals surface area contributed by atoms with Gasteiger partial charge in [-0.3, -0.25) is 10.1 Å². The Balaban J connectivity index is 2.16. The van der Waals surface area contributed by atoms with Crippen LogP contribution in [0.1, 0.15) is 30.5 Å². The number of primary amides is 1. The molecule has 31 heavy (non-hydrogen) atoms. The van der Waals surface area contributed by atoms with Gasteiger partial charge in [0.25, 0.3) is 0 Å². The Bertz CT molecular complexity index is 1070. The van der Waals surface area contributed by atoms with Crippen LogP contribution in [0.5, 0.6) is 0 Å². The number of aliphatic imine (C=N–C) groups is 1. The number of anilines is 2. The standard InChI is InChI=1S/C23H28N6O2/c1-14(2)29-12-20(30)28(4)19-11-17(8-9-18(19)29)22(26-13-27-23(25)31)21(24)16-7-5-6-15(3)10-16/h5-11,13-14H,12,24H2,1-4H3,(H3,25,26,27,31)/b22-21-. The fourth-order valence-corrected chi connectivity index (χ4v) is 3.52. The number of hydrogen-bond acceptors (Lipinski definition) is 5. The molecule has 0 saturated heterocycles. The van der Waals surface area contributed by atoms with Gasteiger partial charge in [0, 0.05) is 18.7 Å². The summed E-state index contributed by atoms with van der Waals surface area (Å²) in [6.07, 6.45) is 1.22. The lowest BCUT2D eigenvalue weighted by Crippen LogP contribution is -2.46. The third-order valence-electron chi connectivity index (χ3n) is 5.21. The third-order valence-corrected chi connectivity index (χ3v) is 5.21. The van der Waals surface area contributed by atoms with E-state index < -0.39 is 6.03 Å². The van der Waals surface area contributed by atoms with Gasteiger partial charge < -0.3 is 21.3 Å². The van der Waals surface area contributed by atoms with Gasteiger partial charge in [-0.15, -0.1) is 0 Å². The molecule has 0 saturated carbocycles. The molecule has 162 valence electrons. The van der Waals surface area contributed by atoms with Crippen molar-refractivity contribution < 1.29 is 9.59 Å². The Labute approximate surface area is 182 Å². The average molecular weight is 421 g/mol. The average Bonchev–Trinajstić information content (AvgIpc) is 2.72. The van der Waals surface area contributed by atoms with Crippen LogP contribution in [0.2, 0.25) is 0 Å². The maximum atomic E-state index is 12.5. The number of carbonyl (C=O) groups is 2. The van der Waals surface area contributed by atoms with E-state index in [1.165, 1.54) is 6.34 Å². The molecule has 0 aromatic heterocycles. The summed E-state index contributed by atoms with van der Waals surface area (Å²) in [4.78, 5) is 31.7. The minimum Gasteiger partial charge on any atom is -0.396 e. The van der Waals surface area contributed by atoms with Crippen molar-refractivity contribution >= 4 is 41.0 Å². The number of fused-ring (bicyclic) bond motifs is 1. The normalized spacial score (nSPS) is 14.7. The van der Waals surface area contributed by atoms with Crippen molar-refractivity contribution in [2.24, 2.45) is 16.5 Å². The quantitative estimate of drug-likeness (QED) is 0.392. The second kappa shape index (κ2) is 8.91. The summed E-state index contributed by atoms with van der Waals surface area (Å²) in [5, 5.41) is 2.35. The van der Waals surface area contributed by atoms with E-state index in [1.807, 2.05) is 49.4 Å². The van der Waals surface area contributed by atoms with Gasteiger partial charge in [0.15, 0.2) is 0 Å². The zero-order valence-electron chi connectivity index (χ0n) is 18.2. The van der Waals surface area contributed by atoms with Crippen molar-refractivity contribution in [3.05, 3.63) is 59.2 Å². The van der Waals surface area contributed by atoms with Gasteiger partial charge in [-0.2, -0.15) is 0 Å². The summed E-state index contributed by atoms with van der Waals surface area (Å²) in [5.41, 5.74) is 16.9. The highest BCUT2D eigenvalue weighted by Crippen LogP contribution is 2.37. The Morgan fingerprint density at radius 3 is 2.52 bits per heavy atom. The number of amides is 3. The number of carbonyl (C=O) groups excluding carboxylic acids is 2. The van der Waals surface area contributed by atoms with Crippen LogP contribution in [0, 0.1) is 6.92 Å². The number of likely N-dealkylation sites (N-methyl/N-ethyl adjacent to an activating group) is 1. The van der Waals surface area contributed by atoms with Crippen LogP contribution < -0.4 is 26.6 Å². The molecule has 8 nitrogen and oxygen atoms in total. The van der Waals surface area contributed by atoms with Crippen molar-refractivity contribution in [1.29, 1.82) is 0 Å². The van der Waals surface area contributed by atoms with Crippen LogP contribution in [0.4, 0.5) is 16.2 Å². The molecule has 0 aliphatic carbocycles. The van der Waals surface area contributed by atoms with E-state index in [1.54, 1.807) is 11.9 Å². The minimum absolute atomic E-state index is 0.00873. The molecule has 1 aliphatic rings. The summed E-state index contributed by atoms with van der Waals surface area (Å²) < 4.78 is 0. The van der Waals surface area contributed by atoms with Gasteiger partial charge in [0.05, 0.1) is 35.7 Å². The molecular formula is C23H28N6O2. The van der Waals surface area contributed by atoms with Crippen LogP contribution in [-0.2, 0) is 4.79 Å². The Morgan fingerprint density at radius 2 is 1.87 bits per heavy atom. The second-order valence-electron chi connectivity index (χ2n) is 7.78. The number of nitrogens with one attached hydrogen (secondary N) is 1. The highest BCUT2D eigenvalue weighted by atomic mass is 16.2. The summed E-state index contributed by atoms with van der Waals surface area (Å²) in [6.45, 7) is 6.41. The van der Waals surface area contributed by atoms with E-state index in [4.69, 9.17) is 11.5 Å². The number of nitrogens with zero attached hydrogens (tertiary/aromatic N) is 3. The van der Waals surface area contributed by atoms with E-state index in [9.17, 15) is 9.59 Å². The molecule has 3 rings (SSSR count). The van der Waals surface area contributed by atoms with Gasteiger partial charge in [0.1, 0.15) is 0 Å². The molecular weight excluding hydrogens is 392 g/mol. The lowest BCUT2D eigenvalue weighted by molar-refractivity contribution is -0.117. The molecule has 3 amide bonds. The van der Waals surface area contributed by atoms with Crippen LogP contribution in [-0.4, -0.2) is 37.9 Å². The SMILES string of the molecule is Cc1cccc(/C(N)=C(/N=CNC(N)=O)c2ccc3c(c2)N(C)C(=O)CN3C(C)C)c1. The highest BCUT2D eigenvalue weighted by molar-refractivity contribution is 6.04. The molecule has 8 heteroatoms. The third kappa shape index (κ3) is 4.69. The Morgan fingerprint density at radius 1 is 1.13 bits per heavy atom. The van der Waals surface area contributed by atoms with Gasteiger partial charge in [-0.1, -0.05) is 29.8 Å². The first-order chi connectivity index (χ1) is 14.7. The monoisotopic (exact) mass is 420 g/mol.